The Morgan fingerprint density at radius 1 is 1.07 bits per heavy atom. The number of anilines is 1. The molecule has 4 aromatic rings. The van der Waals surface area contributed by atoms with Crippen LogP contribution in [0, 0.1) is 6.92 Å². The fourth-order valence-electron chi connectivity index (χ4n) is 2.67. The number of benzene rings is 2. The van der Waals surface area contributed by atoms with Crippen molar-refractivity contribution in [3.63, 3.8) is 0 Å². The van der Waals surface area contributed by atoms with Gasteiger partial charge < -0.3 is 5.32 Å². The van der Waals surface area contributed by atoms with Gasteiger partial charge >= 0.3 is 0 Å². The van der Waals surface area contributed by atoms with Crippen molar-refractivity contribution in [2.24, 2.45) is 0 Å². The molecule has 0 aliphatic carbocycles. The number of aryl methyl sites for hydroxylation is 1. The van der Waals surface area contributed by atoms with Gasteiger partial charge in [0.1, 0.15) is 5.82 Å². The van der Waals surface area contributed by atoms with Crippen LogP contribution in [0.1, 0.15) is 16.1 Å². The number of carbonyl (C=O) groups excluding carboxylic acids is 1. The van der Waals surface area contributed by atoms with Crippen molar-refractivity contribution in [2.45, 2.75) is 6.92 Å². The number of rotatable bonds is 4. The van der Waals surface area contributed by atoms with E-state index in [-0.39, 0.29) is 5.91 Å². The molecule has 1 amide bonds. The van der Waals surface area contributed by atoms with E-state index in [4.69, 9.17) is 23.2 Å². The summed E-state index contributed by atoms with van der Waals surface area (Å²) in [4.78, 5) is 17.2. The van der Waals surface area contributed by atoms with Gasteiger partial charge in [-0.2, -0.15) is 9.78 Å². The monoisotopic (exact) mass is 428 g/mol. The zero-order valence-electron chi connectivity index (χ0n) is 14.7. The van der Waals surface area contributed by atoms with Crippen molar-refractivity contribution < 1.29 is 4.79 Å². The van der Waals surface area contributed by atoms with Crippen LogP contribution >= 0.6 is 34.5 Å². The summed E-state index contributed by atoms with van der Waals surface area (Å²) in [5.41, 5.74) is 3.01. The third-order valence-electron chi connectivity index (χ3n) is 3.97. The number of halogens is 2. The summed E-state index contributed by atoms with van der Waals surface area (Å²) in [7, 11) is 0. The van der Waals surface area contributed by atoms with Gasteiger partial charge in [-0.05, 0) is 37.3 Å². The maximum Gasteiger partial charge on any atom is 0.256 e. The van der Waals surface area contributed by atoms with Gasteiger partial charge in [0.15, 0.2) is 0 Å². The summed E-state index contributed by atoms with van der Waals surface area (Å²) in [5.74, 6) is 0.276. The van der Waals surface area contributed by atoms with Gasteiger partial charge in [0, 0.05) is 32.6 Å². The molecule has 0 saturated carbocycles. The third-order valence-corrected chi connectivity index (χ3v) is 5.28. The number of hydrogen-bond donors (Lipinski definition) is 1. The molecule has 0 saturated heterocycles. The van der Waals surface area contributed by atoms with E-state index in [1.807, 2.05) is 36.6 Å². The topological polar surface area (TPSA) is 59.8 Å². The molecule has 0 atom stereocenters. The van der Waals surface area contributed by atoms with E-state index in [1.54, 1.807) is 35.0 Å². The van der Waals surface area contributed by atoms with Crippen LogP contribution in [0.2, 0.25) is 10.0 Å². The van der Waals surface area contributed by atoms with Gasteiger partial charge in [-0.3, -0.25) is 4.79 Å². The van der Waals surface area contributed by atoms with Crippen LogP contribution < -0.4 is 5.32 Å². The highest BCUT2D eigenvalue weighted by Crippen LogP contribution is 2.27. The second kappa shape index (κ2) is 7.75. The van der Waals surface area contributed by atoms with Crippen LogP contribution in [0.25, 0.3) is 16.4 Å². The minimum absolute atomic E-state index is 0.266. The van der Waals surface area contributed by atoms with Crippen LogP contribution in [0.5, 0.6) is 0 Å². The predicted molar refractivity (Wildman–Crippen MR) is 114 cm³/mol. The molecule has 0 aliphatic heterocycles. The summed E-state index contributed by atoms with van der Waals surface area (Å²) in [6, 6.07) is 16.1. The van der Waals surface area contributed by atoms with Crippen molar-refractivity contribution in [2.75, 3.05) is 5.32 Å². The van der Waals surface area contributed by atoms with Crippen LogP contribution in [0.4, 0.5) is 5.82 Å². The average molecular weight is 429 g/mol. The minimum atomic E-state index is -0.266. The molecule has 0 radical (unpaired) electrons. The van der Waals surface area contributed by atoms with Crippen LogP contribution in [0.15, 0.2) is 60.0 Å². The number of thiazole rings is 1. The molecule has 8 heteroatoms. The average Bonchev–Trinajstić information content (AvgIpc) is 3.29. The Kier molecular flexibility index (Phi) is 5.17. The molecule has 28 heavy (non-hydrogen) atoms. The van der Waals surface area contributed by atoms with E-state index in [1.165, 1.54) is 11.3 Å². The Morgan fingerprint density at radius 2 is 1.86 bits per heavy atom. The summed E-state index contributed by atoms with van der Waals surface area (Å²) in [6.45, 7) is 1.86. The second-order valence-electron chi connectivity index (χ2n) is 6.07. The van der Waals surface area contributed by atoms with Gasteiger partial charge in [0.05, 0.1) is 11.4 Å². The number of amides is 1. The fourth-order valence-corrected chi connectivity index (χ4v) is 3.78. The molecule has 4 rings (SSSR count). The smallest absolute Gasteiger partial charge is 0.256 e. The van der Waals surface area contributed by atoms with Gasteiger partial charge in [-0.25, -0.2) is 4.98 Å². The van der Waals surface area contributed by atoms with E-state index in [0.29, 0.717) is 26.6 Å². The normalized spacial score (nSPS) is 10.8. The van der Waals surface area contributed by atoms with Crippen LogP contribution in [-0.2, 0) is 0 Å². The van der Waals surface area contributed by atoms with Gasteiger partial charge in [0.25, 0.3) is 5.91 Å². The Hall–Kier alpha value is -2.67. The lowest BCUT2D eigenvalue weighted by molar-refractivity contribution is 0.102. The zero-order valence-corrected chi connectivity index (χ0v) is 17.0. The van der Waals surface area contributed by atoms with E-state index >= 15 is 0 Å². The van der Waals surface area contributed by atoms with E-state index in [2.05, 4.69) is 15.4 Å². The third kappa shape index (κ3) is 3.94. The largest absolute Gasteiger partial charge is 0.306 e. The van der Waals surface area contributed by atoms with E-state index in [9.17, 15) is 4.79 Å². The fraction of sp³-hybridized carbons (Fsp3) is 0.0500. The Labute approximate surface area is 175 Å². The SMILES string of the molecule is Cc1cc(NC(=O)c2cccc(Cl)c2)n(-c2nc(-c3ccc(Cl)cc3)cs2)n1. The van der Waals surface area contributed by atoms with Crippen molar-refractivity contribution in [1.29, 1.82) is 0 Å². The van der Waals surface area contributed by atoms with Gasteiger partial charge in [-0.15, -0.1) is 11.3 Å². The lowest BCUT2D eigenvalue weighted by Gasteiger charge is -2.07. The standard InChI is InChI=1S/C20H14Cl2N4OS/c1-12-9-18(24-19(27)14-3-2-4-16(22)10-14)26(25-12)20-23-17(11-28-20)13-5-7-15(21)8-6-13/h2-11H,1H3,(H,24,27). The molecule has 2 heterocycles. The number of aromatic nitrogens is 3. The first-order valence-corrected chi connectivity index (χ1v) is 9.98. The molecule has 1 N–H and O–H groups in total. The van der Waals surface area contributed by atoms with Gasteiger partial charge in [0.2, 0.25) is 5.13 Å². The maximum absolute atomic E-state index is 12.6. The molecule has 140 valence electrons. The highest BCUT2D eigenvalue weighted by molar-refractivity contribution is 7.12. The molecule has 2 aromatic carbocycles. The van der Waals surface area contributed by atoms with E-state index < -0.39 is 0 Å². The summed E-state index contributed by atoms with van der Waals surface area (Å²) < 4.78 is 1.63. The quantitative estimate of drug-likeness (QED) is 0.442. The maximum atomic E-state index is 12.6. The highest BCUT2D eigenvalue weighted by atomic mass is 35.5. The number of nitrogens with zero attached hydrogens (tertiary/aromatic N) is 3. The van der Waals surface area contributed by atoms with Gasteiger partial charge in [-0.1, -0.05) is 41.4 Å². The lowest BCUT2D eigenvalue weighted by Crippen LogP contribution is -2.15. The summed E-state index contributed by atoms with van der Waals surface area (Å²) in [6.07, 6.45) is 0. The molecule has 0 fully saturated rings. The Morgan fingerprint density at radius 3 is 2.61 bits per heavy atom. The lowest BCUT2D eigenvalue weighted by atomic mass is 10.2. The summed E-state index contributed by atoms with van der Waals surface area (Å²) in [5, 5.41) is 11.1. The number of hydrogen-bond acceptors (Lipinski definition) is 4. The first-order chi connectivity index (χ1) is 13.5. The zero-order chi connectivity index (χ0) is 19.7. The van der Waals surface area contributed by atoms with Crippen molar-refractivity contribution >= 4 is 46.3 Å². The molecule has 0 aliphatic rings. The summed E-state index contributed by atoms with van der Waals surface area (Å²) >= 11 is 13.4. The Balaban J connectivity index is 1.63. The van der Waals surface area contributed by atoms with Crippen molar-refractivity contribution in [1.82, 2.24) is 14.8 Å². The first kappa shape index (κ1) is 18.7. The van der Waals surface area contributed by atoms with Crippen molar-refractivity contribution in [3.05, 3.63) is 81.3 Å². The number of nitrogens with one attached hydrogen (secondary N) is 1. The molecular weight excluding hydrogens is 415 g/mol. The molecule has 5 nitrogen and oxygen atoms in total. The Bertz CT molecular complexity index is 1150. The van der Waals surface area contributed by atoms with Crippen molar-refractivity contribution in [3.8, 4) is 16.4 Å². The first-order valence-electron chi connectivity index (χ1n) is 8.35. The molecule has 0 spiro atoms. The highest BCUT2D eigenvalue weighted by Gasteiger charge is 2.15. The van der Waals surface area contributed by atoms with E-state index in [0.717, 1.165) is 17.0 Å². The molecule has 2 aromatic heterocycles. The number of carbonyl (C=O) groups is 1. The molecule has 0 bridgehead atoms. The predicted octanol–water partition coefficient (Wildman–Crippen LogP) is 5.86. The van der Waals surface area contributed by atoms with Crippen LogP contribution in [0.3, 0.4) is 0 Å². The molecular formula is C20H14Cl2N4OS. The van der Waals surface area contributed by atoms with Crippen LogP contribution in [-0.4, -0.2) is 20.7 Å². The molecule has 0 unspecified atom stereocenters. The minimum Gasteiger partial charge on any atom is -0.306 e. The second-order valence-corrected chi connectivity index (χ2v) is 7.78.